The lowest BCUT2D eigenvalue weighted by molar-refractivity contribution is -0.146. The van der Waals surface area contributed by atoms with Crippen LogP contribution < -0.4 is 9.64 Å². The van der Waals surface area contributed by atoms with Crippen LogP contribution in [-0.2, 0) is 14.3 Å². The lowest BCUT2D eigenvalue weighted by Gasteiger charge is -2.32. The molecule has 0 spiro atoms. The SMILES string of the molecule is CC(OC(=O)CCN1C(=O)C(C)Oc2ccccc21)C(=O)c1ccc(F)cc1. The highest BCUT2D eigenvalue weighted by atomic mass is 19.1. The van der Waals surface area contributed by atoms with Crippen molar-refractivity contribution in [2.24, 2.45) is 0 Å². The highest BCUT2D eigenvalue weighted by Crippen LogP contribution is 2.33. The normalized spacial score (nSPS) is 16.8. The van der Waals surface area contributed by atoms with Gasteiger partial charge in [0.25, 0.3) is 5.91 Å². The summed E-state index contributed by atoms with van der Waals surface area (Å²) in [7, 11) is 0. The van der Waals surface area contributed by atoms with Gasteiger partial charge in [-0.05, 0) is 50.2 Å². The number of carbonyl (C=O) groups excluding carboxylic acids is 3. The minimum absolute atomic E-state index is 0.0756. The van der Waals surface area contributed by atoms with E-state index < -0.39 is 29.8 Å². The predicted molar refractivity (Wildman–Crippen MR) is 99.8 cm³/mol. The Morgan fingerprint density at radius 3 is 2.57 bits per heavy atom. The third kappa shape index (κ3) is 4.19. The van der Waals surface area contributed by atoms with Gasteiger partial charge in [-0.3, -0.25) is 14.4 Å². The first-order valence-corrected chi connectivity index (χ1v) is 8.93. The van der Waals surface area contributed by atoms with Crippen LogP contribution in [-0.4, -0.2) is 36.4 Å². The number of fused-ring (bicyclic) bond motifs is 1. The molecule has 0 saturated heterocycles. The minimum atomic E-state index is -1.01. The third-order valence-electron chi connectivity index (χ3n) is 4.42. The Balaban J connectivity index is 1.60. The van der Waals surface area contributed by atoms with Gasteiger partial charge in [-0.1, -0.05) is 12.1 Å². The minimum Gasteiger partial charge on any atom is -0.479 e. The summed E-state index contributed by atoms with van der Waals surface area (Å²) in [5, 5.41) is 0. The third-order valence-corrected chi connectivity index (χ3v) is 4.42. The summed E-state index contributed by atoms with van der Waals surface area (Å²) < 4.78 is 23.7. The number of Topliss-reactive ketones (excluding diaryl/α,β-unsaturated/α-hetero) is 1. The Labute approximate surface area is 161 Å². The van der Waals surface area contributed by atoms with Crippen LogP contribution in [0.25, 0.3) is 0 Å². The average Bonchev–Trinajstić information content (AvgIpc) is 2.68. The van der Waals surface area contributed by atoms with E-state index in [1.807, 2.05) is 0 Å². The molecule has 0 aliphatic carbocycles. The highest BCUT2D eigenvalue weighted by molar-refractivity contribution is 6.01. The molecule has 7 heteroatoms. The standard InChI is InChI=1S/C21H20FNO5/c1-13(20(25)15-7-9-16(22)10-8-15)28-19(24)11-12-23-17-5-3-4-6-18(17)27-14(2)21(23)26/h3-10,13-14H,11-12H2,1-2H3. The number of ketones is 1. The summed E-state index contributed by atoms with van der Waals surface area (Å²) >= 11 is 0. The van der Waals surface area contributed by atoms with Crippen molar-refractivity contribution >= 4 is 23.3 Å². The number of hydrogen-bond acceptors (Lipinski definition) is 5. The topological polar surface area (TPSA) is 72.9 Å². The Bertz CT molecular complexity index is 896. The van der Waals surface area contributed by atoms with Crippen LogP contribution in [0.15, 0.2) is 48.5 Å². The second-order valence-electron chi connectivity index (χ2n) is 6.47. The number of hydrogen-bond donors (Lipinski definition) is 0. The number of esters is 1. The van der Waals surface area contributed by atoms with Crippen molar-refractivity contribution in [1.29, 1.82) is 0 Å². The summed E-state index contributed by atoms with van der Waals surface area (Å²) in [4.78, 5) is 38.3. The number of amides is 1. The van der Waals surface area contributed by atoms with E-state index in [9.17, 15) is 18.8 Å². The van der Waals surface area contributed by atoms with E-state index in [4.69, 9.17) is 9.47 Å². The van der Waals surface area contributed by atoms with E-state index >= 15 is 0 Å². The number of para-hydroxylation sites is 2. The van der Waals surface area contributed by atoms with Crippen LogP contribution in [0.1, 0.15) is 30.6 Å². The molecular weight excluding hydrogens is 365 g/mol. The van der Waals surface area contributed by atoms with Gasteiger partial charge in [0.05, 0.1) is 12.1 Å². The van der Waals surface area contributed by atoms with Crippen molar-refractivity contribution in [2.75, 3.05) is 11.4 Å². The van der Waals surface area contributed by atoms with Crippen molar-refractivity contribution in [2.45, 2.75) is 32.5 Å². The van der Waals surface area contributed by atoms with Crippen LogP contribution in [0.4, 0.5) is 10.1 Å². The summed E-state index contributed by atoms with van der Waals surface area (Å²) in [5.41, 5.74) is 0.849. The van der Waals surface area contributed by atoms with Crippen LogP contribution in [0.5, 0.6) is 5.75 Å². The van der Waals surface area contributed by atoms with Gasteiger partial charge in [0.15, 0.2) is 12.2 Å². The van der Waals surface area contributed by atoms with Gasteiger partial charge in [-0.2, -0.15) is 0 Å². The van der Waals surface area contributed by atoms with Crippen LogP contribution in [0.2, 0.25) is 0 Å². The van der Waals surface area contributed by atoms with Crippen molar-refractivity contribution < 1.29 is 28.2 Å². The second-order valence-corrected chi connectivity index (χ2v) is 6.47. The molecule has 1 aliphatic rings. The van der Waals surface area contributed by atoms with Gasteiger partial charge < -0.3 is 14.4 Å². The van der Waals surface area contributed by atoms with E-state index in [-0.39, 0.29) is 24.4 Å². The Morgan fingerprint density at radius 2 is 1.86 bits per heavy atom. The summed E-state index contributed by atoms with van der Waals surface area (Å²) in [6, 6.07) is 12.1. The van der Waals surface area contributed by atoms with Gasteiger partial charge in [0.2, 0.25) is 5.78 Å². The molecule has 1 heterocycles. The van der Waals surface area contributed by atoms with Crippen molar-refractivity contribution in [3.05, 3.63) is 59.9 Å². The van der Waals surface area contributed by atoms with Gasteiger partial charge in [0, 0.05) is 12.1 Å². The molecule has 0 fully saturated rings. The number of anilines is 1. The number of carbonyl (C=O) groups is 3. The molecule has 0 aromatic heterocycles. The lowest BCUT2D eigenvalue weighted by atomic mass is 10.1. The first-order chi connectivity index (χ1) is 13.4. The number of benzene rings is 2. The fourth-order valence-corrected chi connectivity index (χ4v) is 2.95. The molecule has 0 saturated carbocycles. The molecule has 146 valence electrons. The Morgan fingerprint density at radius 1 is 1.18 bits per heavy atom. The number of rotatable bonds is 6. The fourth-order valence-electron chi connectivity index (χ4n) is 2.95. The molecule has 2 atom stereocenters. The number of halogens is 1. The molecule has 2 unspecified atom stereocenters. The summed E-state index contributed by atoms with van der Waals surface area (Å²) in [5.74, 6) is -1.15. The van der Waals surface area contributed by atoms with Crippen LogP contribution in [0.3, 0.4) is 0 Å². The van der Waals surface area contributed by atoms with Gasteiger partial charge in [-0.25, -0.2) is 4.39 Å². The van der Waals surface area contributed by atoms with Gasteiger partial charge in [0.1, 0.15) is 11.6 Å². The smallest absolute Gasteiger partial charge is 0.308 e. The molecule has 2 aromatic carbocycles. The van der Waals surface area contributed by atoms with Crippen molar-refractivity contribution in [3.8, 4) is 5.75 Å². The predicted octanol–water partition coefficient (Wildman–Crippen LogP) is 3.14. The zero-order chi connectivity index (χ0) is 20.3. The second kappa shape index (κ2) is 8.21. The van der Waals surface area contributed by atoms with E-state index in [1.54, 1.807) is 31.2 Å². The van der Waals surface area contributed by atoms with E-state index in [2.05, 4.69) is 0 Å². The molecule has 3 rings (SSSR count). The molecule has 1 aliphatic heterocycles. The molecular formula is C21H20FNO5. The maximum absolute atomic E-state index is 13.0. The molecule has 6 nitrogen and oxygen atoms in total. The van der Waals surface area contributed by atoms with Gasteiger partial charge in [-0.15, -0.1) is 0 Å². The molecule has 2 aromatic rings. The molecule has 0 N–H and O–H groups in total. The van der Waals surface area contributed by atoms with Crippen LogP contribution >= 0.6 is 0 Å². The van der Waals surface area contributed by atoms with Crippen molar-refractivity contribution in [1.82, 2.24) is 0 Å². The zero-order valence-electron chi connectivity index (χ0n) is 15.6. The first-order valence-electron chi connectivity index (χ1n) is 8.93. The zero-order valence-corrected chi connectivity index (χ0v) is 15.6. The summed E-state index contributed by atoms with van der Waals surface area (Å²) in [6.07, 6.45) is -1.73. The average molecular weight is 385 g/mol. The number of nitrogens with zero attached hydrogens (tertiary/aromatic N) is 1. The fraction of sp³-hybridized carbons (Fsp3) is 0.286. The maximum Gasteiger partial charge on any atom is 0.308 e. The molecule has 1 amide bonds. The quantitative estimate of drug-likeness (QED) is 0.564. The molecule has 0 radical (unpaired) electrons. The maximum atomic E-state index is 13.0. The number of ether oxygens (including phenoxy) is 2. The molecule has 0 bridgehead atoms. The monoisotopic (exact) mass is 385 g/mol. The van der Waals surface area contributed by atoms with E-state index in [1.165, 1.54) is 36.1 Å². The highest BCUT2D eigenvalue weighted by Gasteiger charge is 2.31. The summed E-state index contributed by atoms with van der Waals surface area (Å²) in [6.45, 7) is 3.22. The van der Waals surface area contributed by atoms with E-state index in [0.29, 0.717) is 11.4 Å². The van der Waals surface area contributed by atoms with Gasteiger partial charge >= 0.3 is 5.97 Å². The largest absolute Gasteiger partial charge is 0.479 e. The first kappa shape index (κ1) is 19.5. The van der Waals surface area contributed by atoms with Crippen molar-refractivity contribution in [3.63, 3.8) is 0 Å². The molecule has 28 heavy (non-hydrogen) atoms. The Hall–Kier alpha value is -3.22. The van der Waals surface area contributed by atoms with E-state index in [0.717, 1.165) is 0 Å². The lowest BCUT2D eigenvalue weighted by Crippen LogP contribution is -2.45. The Kier molecular flexibility index (Phi) is 5.73. The van der Waals surface area contributed by atoms with Crippen LogP contribution in [0, 0.1) is 5.82 Å².